The highest BCUT2D eigenvalue weighted by Gasteiger charge is 2.37. The first kappa shape index (κ1) is 36.8. The summed E-state index contributed by atoms with van der Waals surface area (Å²) in [5, 5.41) is 11.6. The molecule has 1 heterocycles. The molecule has 44 heavy (non-hydrogen) atoms. The van der Waals surface area contributed by atoms with Gasteiger partial charge in [-0.25, -0.2) is 0 Å². The Morgan fingerprint density at radius 3 is 1.39 bits per heavy atom. The SMILES string of the molecule is CC(C)C[C@@H]1NC(=O)[C@H](Cc2ccccc2)NC(=O)[C@H](CC(C)C)N(C)C(=O)[C@H](CC(C)C)NC(=O)[C@H](CC(C)C)NC1=O. The van der Waals surface area contributed by atoms with E-state index >= 15 is 0 Å². The molecule has 0 saturated carbocycles. The van der Waals surface area contributed by atoms with Gasteiger partial charge in [0.1, 0.15) is 30.2 Å². The molecule has 10 heteroatoms. The summed E-state index contributed by atoms with van der Waals surface area (Å²) in [7, 11) is 1.57. The molecule has 1 aliphatic rings. The molecule has 0 aromatic heterocycles. The van der Waals surface area contributed by atoms with Gasteiger partial charge in [0.25, 0.3) is 0 Å². The van der Waals surface area contributed by atoms with Gasteiger partial charge in [0.15, 0.2) is 0 Å². The van der Waals surface area contributed by atoms with E-state index in [4.69, 9.17) is 0 Å². The zero-order valence-electron chi connectivity index (χ0n) is 28.1. The normalized spacial score (nSPS) is 24.6. The molecule has 246 valence electrons. The lowest BCUT2D eigenvalue weighted by atomic mass is 9.97. The number of benzene rings is 1. The Labute approximate surface area is 263 Å². The van der Waals surface area contributed by atoms with E-state index in [9.17, 15) is 24.0 Å². The summed E-state index contributed by atoms with van der Waals surface area (Å²) in [6.45, 7) is 15.7. The van der Waals surface area contributed by atoms with E-state index in [0.717, 1.165) is 5.56 Å². The Bertz CT molecular complexity index is 1120. The predicted octanol–water partition coefficient (Wildman–Crippen LogP) is 3.19. The van der Waals surface area contributed by atoms with E-state index in [2.05, 4.69) is 21.3 Å². The van der Waals surface area contributed by atoms with Gasteiger partial charge in [-0.3, -0.25) is 24.0 Å². The quantitative estimate of drug-likeness (QED) is 0.321. The van der Waals surface area contributed by atoms with Crippen LogP contribution < -0.4 is 21.3 Å². The fraction of sp³-hybridized carbons (Fsp3) is 0.676. The number of carbonyl (C=O) groups excluding carboxylic acids is 5. The summed E-state index contributed by atoms with van der Waals surface area (Å²) < 4.78 is 0. The highest BCUT2D eigenvalue weighted by Crippen LogP contribution is 2.17. The maximum Gasteiger partial charge on any atom is 0.245 e. The van der Waals surface area contributed by atoms with Crippen LogP contribution in [0.3, 0.4) is 0 Å². The fourth-order valence-corrected chi connectivity index (χ4v) is 5.53. The van der Waals surface area contributed by atoms with Crippen LogP contribution in [0.25, 0.3) is 0 Å². The molecule has 0 radical (unpaired) electrons. The molecular weight excluding hydrogens is 558 g/mol. The molecule has 1 aromatic rings. The second-order valence-electron chi connectivity index (χ2n) is 13.9. The predicted molar refractivity (Wildman–Crippen MR) is 172 cm³/mol. The molecule has 5 amide bonds. The summed E-state index contributed by atoms with van der Waals surface area (Å²) >= 11 is 0. The molecule has 1 aromatic carbocycles. The van der Waals surface area contributed by atoms with Gasteiger partial charge in [0.2, 0.25) is 29.5 Å². The molecule has 0 spiro atoms. The zero-order valence-corrected chi connectivity index (χ0v) is 28.1. The van der Waals surface area contributed by atoms with Gasteiger partial charge in [0.05, 0.1) is 0 Å². The highest BCUT2D eigenvalue weighted by molar-refractivity contribution is 5.98. The zero-order chi connectivity index (χ0) is 33.1. The third-order valence-corrected chi connectivity index (χ3v) is 7.73. The molecule has 10 nitrogen and oxygen atoms in total. The average molecular weight is 614 g/mol. The minimum absolute atomic E-state index is 0.0600. The second-order valence-corrected chi connectivity index (χ2v) is 13.9. The monoisotopic (exact) mass is 613 g/mol. The summed E-state index contributed by atoms with van der Waals surface area (Å²) in [6.07, 6.45) is 1.62. The molecule has 0 unspecified atom stereocenters. The molecule has 0 bridgehead atoms. The molecule has 1 fully saturated rings. The van der Waals surface area contributed by atoms with Gasteiger partial charge < -0.3 is 26.2 Å². The van der Waals surface area contributed by atoms with Crippen molar-refractivity contribution in [1.82, 2.24) is 26.2 Å². The van der Waals surface area contributed by atoms with E-state index in [-0.39, 0.29) is 36.0 Å². The number of likely N-dealkylation sites (N-methyl/N-ethyl adjacent to an activating group) is 1. The van der Waals surface area contributed by atoms with Crippen molar-refractivity contribution in [3.63, 3.8) is 0 Å². The number of hydrogen-bond acceptors (Lipinski definition) is 5. The summed E-state index contributed by atoms with van der Waals surface area (Å²) in [5.74, 6) is -2.03. The van der Waals surface area contributed by atoms with Crippen molar-refractivity contribution < 1.29 is 24.0 Å². The summed E-state index contributed by atoms with van der Waals surface area (Å²) in [6, 6.07) is 4.76. The second kappa shape index (κ2) is 17.2. The van der Waals surface area contributed by atoms with E-state index in [1.165, 1.54) is 4.90 Å². The maximum atomic E-state index is 14.0. The Hall–Kier alpha value is -3.43. The number of rotatable bonds is 10. The van der Waals surface area contributed by atoms with Gasteiger partial charge in [-0.1, -0.05) is 85.7 Å². The third-order valence-electron chi connectivity index (χ3n) is 7.73. The summed E-state index contributed by atoms with van der Waals surface area (Å²) in [5.41, 5.74) is 0.837. The van der Waals surface area contributed by atoms with Crippen LogP contribution in [0.4, 0.5) is 0 Å². The van der Waals surface area contributed by atoms with Gasteiger partial charge in [-0.05, 0) is 54.9 Å². The first-order valence-corrected chi connectivity index (χ1v) is 16.1. The lowest BCUT2D eigenvalue weighted by molar-refractivity contribution is -0.143. The summed E-state index contributed by atoms with van der Waals surface area (Å²) in [4.78, 5) is 70.5. The van der Waals surface area contributed by atoms with Crippen molar-refractivity contribution in [3.05, 3.63) is 35.9 Å². The standard InChI is InChI=1S/C34H55N5O5/c1-20(2)15-25-30(40)35-26(16-21(3)4)31(41)38-28(17-22(5)6)34(44)39(9)29(18-23(7)8)33(43)37-27(32(42)36-25)19-24-13-11-10-12-14-24/h10-14,20-23,25-29H,15-19H2,1-9H3,(H,35,40)(H,36,42)(H,37,43)(H,38,41)/t25-,26-,27-,28-,29-/m0/s1. The van der Waals surface area contributed by atoms with Crippen molar-refractivity contribution in [3.8, 4) is 0 Å². The van der Waals surface area contributed by atoms with Crippen LogP contribution in [0.2, 0.25) is 0 Å². The molecule has 5 atom stereocenters. The number of amides is 5. The van der Waals surface area contributed by atoms with Crippen molar-refractivity contribution in [2.75, 3.05) is 7.05 Å². The molecule has 1 aliphatic heterocycles. The average Bonchev–Trinajstić information content (AvgIpc) is 2.92. The van der Waals surface area contributed by atoms with E-state index in [1.807, 2.05) is 85.7 Å². The van der Waals surface area contributed by atoms with E-state index in [1.54, 1.807) is 7.05 Å². The smallest absolute Gasteiger partial charge is 0.245 e. The molecule has 0 aliphatic carbocycles. The van der Waals surface area contributed by atoms with Gasteiger partial charge in [-0.2, -0.15) is 0 Å². The number of hydrogen-bond donors (Lipinski definition) is 4. The van der Waals surface area contributed by atoms with Crippen LogP contribution >= 0.6 is 0 Å². The molecule has 4 N–H and O–H groups in total. The van der Waals surface area contributed by atoms with Gasteiger partial charge in [-0.15, -0.1) is 0 Å². The van der Waals surface area contributed by atoms with Crippen LogP contribution in [-0.2, 0) is 30.4 Å². The van der Waals surface area contributed by atoms with Crippen LogP contribution in [-0.4, -0.2) is 71.7 Å². The Morgan fingerprint density at radius 1 is 0.545 bits per heavy atom. The Kier molecular flexibility index (Phi) is 14.3. The van der Waals surface area contributed by atoms with Crippen molar-refractivity contribution in [2.24, 2.45) is 23.7 Å². The minimum atomic E-state index is -0.992. The lowest BCUT2D eigenvalue weighted by Gasteiger charge is -2.33. The maximum absolute atomic E-state index is 14.0. The number of carbonyl (C=O) groups is 5. The van der Waals surface area contributed by atoms with Gasteiger partial charge >= 0.3 is 0 Å². The Balaban J connectivity index is 2.66. The van der Waals surface area contributed by atoms with Crippen LogP contribution in [0.1, 0.15) is 86.6 Å². The van der Waals surface area contributed by atoms with Crippen molar-refractivity contribution >= 4 is 29.5 Å². The topological polar surface area (TPSA) is 137 Å². The van der Waals surface area contributed by atoms with Crippen molar-refractivity contribution in [2.45, 2.75) is 118 Å². The first-order chi connectivity index (χ1) is 20.6. The van der Waals surface area contributed by atoms with E-state index < -0.39 is 53.8 Å². The largest absolute Gasteiger partial charge is 0.343 e. The van der Waals surface area contributed by atoms with Crippen LogP contribution in [0.5, 0.6) is 0 Å². The molecular formula is C34H55N5O5. The molecule has 1 saturated heterocycles. The van der Waals surface area contributed by atoms with Gasteiger partial charge in [0, 0.05) is 13.5 Å². The third kappa shape index (κ3) is 11.6. The number of nitrogens with one attached hydrogen (secondary N) is 4. The molecule has 2 rings (SSSR count). The van der Waals surface area contributed by atoms with Crippen molar-refractivity contribution in [1.29, 1.82) is 0 Å². The fourth-order valence-electron chi connectivity index (χ4n) is 5.53. The first-order valence-electron chi connectivity index (χ1n) is 16.1. The Morgan fingerprint density at radius 2 is 0.932 bits per heavy atom. The highest BCUT2D eigenvalue weighted by atomic mass is 16.2. The van der Waals surface area contributed by atoms with E-state index in [0.29, 0.717) is 25.7 Å². The van der Waals surface area contributed by atoms with Crippen LogP contribution in [0, 0.1) is 23.7 Å². The van der Waals surface area contributed by atoms with Crippen LogP contribution in [0.15, 0.2) is 30.3 Å². The lowest BCUT2D eigenvalue weighted by Crippen LogP contribution is -2.58. The minimum Gasteiger partial charge on any atom is -0.343 e. The number of nitrogens with zero attached hydrogens (tertiary/aromatic N) is 1.